The molecular weight excluding hydrogens is 484 g/mol. The molecular formula is C24H36N6O5S. The van der Waals surface area contributed by atoms with Crippen molar-refractivity contribution in [2.45, 2.75) is 75.0 Å². The van der Waals surface area contributed by atoms with Crippen molar-refractivity contribution in [1.29, 1.82) is 0 Å². The number of hydrogen-bond donors (Lipinski definition) is 5. The topological polar surface area (TPSA) is 157 Å². The summed E-state index contributed by atoms with van der Waals surface area (Å²) in [5, 5.41) is 19.4. The van der Waals surface area contributed by atoms with Crippen molar-refractivity contribution < 1.29 is 24.3 Å². The fourth-order valence-corrected chi connectivity index (χ4v) is 7.46. The lowest BCUT2D eigenvalue weighted by Gasteiger charge is -2.47. The van der Waals surface area contributed by atoms with Gasteiger partial charge in [-0.25, -0.2) is 4.79 Å². The zero-order valence-electron chi connectivity index (χ0n) is 20.7. The van der Waals surface area contributed by atoms with Gasteiger partial charge in [0.25, 0.3) is 0 Å². The number of carbonyl (C=O) groups excluding carboxylic acids is 3. The van der Waals surface area contributed by atoms with Crippen LogP contribution in [0.1, 0.15) is 39.5 Å². The highest BCUT2D eigenvalue weighted by Gasteiger charge is 2.60. The van der Waals surface area contributed by atoms with Gasteiger partial charge in [0, 0.05) is 53.8 Å². The standard InChI is InChI=1S/C24H36N6O5S/c1-11-19-18(12(2)28-17(31)9-26-14-3-4-14)23(33)30(19)20(24(34)35)21(11)36-15-7-16(27-8-15)22(32)29-6-5-13(25)10-29/h11-16,18-19,26-27H,3-10,25H2,1-2H3,(H,28,31)(H,34,35)/t11-,12-,13+,15?,16+,18-,19-/m1/s1. The molecule has 4 heterocycles. The summed E-state index contributed by atoms with van der Waals surface area (Å²) in [4.78, 5) is 54.4. The van der Waals surface area contributed by atoms with Crippen molar-refractivity contribution in [2.75, 3.05) is 26.2 Å². The van der Waals surface area contributed by atoms with Gasteiger partial charge in [-0.3, -0.25) is 14.4 Å². The van der Waals surface area contributed by atoms with E-state index in [0.29, 0.717) is 37.0 Å². The van der Waals surface area contributed by atoms with E-state index < -0.39 is 17.9 Å². The van der Waals surface area contributed by atoms with E-state index in [4.69, 9.17) is 5.73 Å². The average molecular weight is 521 g/mol. The van der Waals surface area contributed by atoms with Gasteiger partial charge in [0.05, 0.1) is 24.5 Å². The molecule has 6 N–H and O–H groups in total. The summed E-state index contributed by atoms with van der Waals surface area (Å²) in [6, 6.07) is -0.549. The van der Waals surface area contributed by atoms with E-state index in [-0.39, 0.29) is 59.3 Å². The second kappa shape index (κ2) is 9.96. The molecule has 0 radical (unpaired) electrons. The van der Waals surface area contributed by atoms with E-state index in [2.05, 4.69) is 16.0 Å². The molecule has 36 heavy (non-hydrogen) atoms. The monoisotopic (exact) mass is 520 g/mol. The van der Waals surface area contributed by atoms with E-state index in [0.717, 1.165) is 19.3 Å². The van der Waals surface area contributed by atoms with Crippen LogP contribution in [0.5, 0.6) is 0 Å². The Morgan fingerprint density at radius 3 is 2.67 bits per heavy atom. The molecule has 0 spiro atoms. The van der Waals surface area contributed by atoms with Gasteiger partial charge in [-0.15, -0.1) is 11.8 Å². The molecule has 0 aromatic rings. The molecule has 4 aliphatic heterocycles. The predicted octanol–water partition coefficient (Wildman–Crippen LogP) is -0.961. The lowest BCUT2D eigenvalue weighted by Crippen LogP contribution is -2.66. The Hall–Kier alpha value is -2.15. The maximum atomic E-state index is 13.1. The summed E-state index contributed by atoms with van der Waals surface area (Å²) in [6.07, 6.45) is 3.58. The maximum absolute atomic E-state index is 13.1. The number of nitrogens with one attached hydrogen (secondary N) is 3. The Balaban J connectivity index is 1.22. The van der Waals surface area contributed by atoms with Crippen LogP contribution in [0.3, 0.4) is 0 Å². The highest BCUT2D eigenvalue weighted by atomic mass is 32.2. The highest BCUT2D eigenvalue weighted by Crippen LogP contribution is 2.51. The van der Waals surface area contributed by atoms with E-state index in [1.165, 1.54) is 16.7 Å². The van der Waals surface area contributed by atoms with Crippen LogP contribution >= 0.6 is 11.8 Å². The number of carboxylic acid groups (broad SMARTS) is 1. The van der Waals surface area contributed by atoms with Crippen molar-refractivity contribution in [3.8, 4) is 0 Å². The van der Waals surface area contributed by atoms with Crippen LogP contribution in [0.4, 0.5) is 0 Å². The number of aliphatic carboxylic acids is 1. The van der Waals surface area contributed by atoms with Gasteiger partial charge in [0.2, 0.25) is 17.7 Å². The summed E-state index contributed by atoms with van der Waals surface area (Å²) >= 11 is 1.47. The minimum Gasteiger partial charge on any atom is -0.477 e. The SMILES string of the molecule is C[C@@H](NC(=O)CNC1CC1)[C@H]1C(=O)N2C(C(=O)O)=C(SC3CN[C@H](C(=O)N4CC[C@H](N)C4)C3)[C@H](C)[C@H]12. The van der Waals surface area contributed by atoms with Gasteiger partial charge in [-0.1, -0.05) is 6.92 Å². The lowest BCUT2D eigenvalue weighted by molar-refractivity contribution is -0.158. The second-order valence-electron chi connectivity index (χ2n) is 10.8. The van der Waals surface area contributed by atoms with E-state index >= 15 is 0 Å². The van der Waals surface area contributed by atoms with E-state index in [9.17, 15) is 24.3 Å². The minimum atomic E-state index is -1.12. The number of rotatable bonds is 9. The van der Waals surface area contributed by atoms with Crippen LogP contribution in [-0.2, 0) is 19.2 Å². The number of fused-ring (bicyclic) bond motifs is 1. The number of amides is 3. The number of thioether (sulfide) groups is 1. The van der Waals surface area contributed by atoms with Crippen LogP contribution < -0.4 is 21.7 Å². The van der Waals surface area contributed by atoms with Crippen molar-refractivity contribution in [3.05, 3.63) is 10.6 Å². The van der Waals surface area contributed by atoms with Crippen LogP contribution in [0.2, 0.25) is 0 Å². The average Bonchev–Trinajstić information content (AvgIpc) is 3.26. The van der Waals surface area contributed by atoms with E-state index in [1.54, 1.807) is 4.90 Å². The first-order valence-corrected chi connectivity index (χ1v) is 13.8. The first-order valence-electron chi connectivity index (χ1n) is 12.9. The summed E-state index contributed by atoms with van der Waals surface area (Å²) < 4.78 is 0. The summed E-state index contributed by atoms with van der Waals surface area (Å²) in [5.41, 5.74) is 6.00. The Kier molecular flexibility index (Phi) is 7.05. The number of likely N-dealkylation sites (tertiary alicyclic amines) is 1. The molecule has 5 rings (SSSR count). The van der Waals surface area contributed by atoms with Crippen LogP contribution in [0.15, 0.2) is 10.6 Å². The van der Waals surface area contributed by atoms with Crippen molar-refractivity contribution in [1.82, 2.24) is 25.8 Å². The molecule has 4 fully saturated rings. The Morgan fingerprint density at radius 2 is 2.03 bits per heavy atom. The predicted molar refractivity (Wildman–Crippen MR) is 134 cm³/mol. The lowest BCUT2D eigenvalue weighted by atomic mass is 9.78. The molecule has 12 heteroatoms. The van der Waals surface area contributed by atoms with Gasteiger partial charge in [-0.05, 0) is 32.6 Å². The summed E-state index contributed by atoms with van der Waals surface area (Å²) in [5.74, 6) is -2.11. The quantitative estimate of drug-likeness (QED) is 0.242. The van der Waals surface area contributed by atoms with E-state index in [1.807, 2.05) is 13.8 Å². The van der Waals surface area contributed by atoms with Crippen molar-refractivity contribution >= 4 is 35.5 Å². The molecule has 1 saturated carbocycles. The number of β-lactam (4-membered cyclic amide) rings is 1. The first-order chi connectivity index (χ1) is 17.2. The number of nitrogens with two attached hydrogens (primary N) is 1. The van der Waals surface area contributed by atoms with Crippen LogP contribution in [0, 0.1) is 11.8 Å². The van der Waals surface area contributed by atoms with Gasteiger partial charge >= 0.3 is 5.97 Å². The molecule has 3 saturated heterocycles. The van der Waals surface area contributed by atoms with Gasteiger partial charge in [0.15, 0.2) is 0 Å². The first kappa shape index (κ1) is 25.5. The highest BCUT2D eigenvalue weighted by molar-refractivity contribution is 8.03. The zero-order valence-corrected chi connectivity index (χ0v) is 21.6. The largest absolute Gasteiger partial charge is 0.477 e. The third-order valence-corrected chi connectivity index (χ3v) is 9.58. The number of hydrogen-bond acceptors (Lipinski definition) is 8. The van der Waals surface area contributed by atoms with Gasteiger partial charge in [0.1, 0.15) is 5.70 Å². The molecule has 0 aromatic heterocycles. The minimum absolute atomic E-state index is 0.0276. The molecule has 11 nitrogen and oxygen atoms in total. The maximum Gasteiger partial charge on any atom is 0.353 e. The summed E-state index contributed by atoms with van der Waals surface area (Å²) in [7, 11) is 0. The molecule has 198 valence electrons. The normalized spacial score (nSPS) is 34.6. The van der Waals surface area contributed by atoms with Gasteiger partial charge in [-0.2, -0.15) is 0 Å². The smallest absolute Gasteiger partial charge is 0.353 e. The zero-order chi connectivity index (χ0) is 25.7. The third kappa shape index (κ3) is 4.75. The van der Waals surface area contributed by atoms with Crippen LogP contribution in [-0.4, -0.2) is 100 Å². The fraction of sp³-hybridized carbons (Fsp3) is 0.750. The Labute approximate surface area is 214 Å². The van der Waals surface area contributed by atoms with Crippen molar-refractivity contribution in [3.63, 3.8) is 0 Å². The van der Waals surface area contributed by atoms with Crippen molar-refractivity contribution in [2.24, 2.45) is 17.6 Å². The second-order valence-corrected chi connectivity index (χ2v) is 12.2. The number of carboxylic acids is 1. The molecule has 1 unspecified atom stereocenters. The molecule has 1 aliphatic carbocycles. The third-order valence-electron chi connectivity index (χ3n) is 8.07. The molecule has 0 aromatic carbocycles. The summed E-state index contributed by atoms with van der Waals surface area (Å²) in [6.45, 7) is 5.83. The number of nitrogens with zero attached hydrogens (tertiary/aromatic N) is 2. The fourth-order valence-electron chi connectivity index (χ4n) is 5.98. The Bertz CT molecular complexity index is 986. The molecule has 7 atom stereocenters. The number of carbonyl (C=O) groups is 4. The van der Waals surface area contributed by atoms with Crippen LogP contribution in [0.25, 0.3) is 0 Å². The molecule has 3 amide bonds. The Morgan fingerprint density at radius 1 is 1.28 bits per heavy atom. The molecule has 5 aliphatic rings. The van der Waals surface area contributed by atoms with Gasteiger partial charge < -0.3 is 36.6 Å². The molecule has 0 bridgehead atoms.